The standard InChI is InChI=1S/C15H20FNO2/c1-17(9-11-4-2-3-5-11)10-12-8-13(16)6-7-14(12)15(18)19/h6-8,11H,2-5,9-10H2,1H3,(H,18,19). The van der Waals surface area contributed by atoms with Crippen LogP contribution in [0.15, 0.2) is 18.2 Å². The van der Waals surface area contributed by atoms with Gasteiger partial charge in [0.15, 0.2) is 0 Å². The van der Waals surface area contributed by atoms with Crippen LogP contribution in [0, 0.1) is 11.7 Å². The van der Waals surface area contributed by atoms with Crippen LogP contribution in [-0.2, 0) is 6.54 Å². The van der Waals surface area contributed by atoms with Crippen LogP contribution in [0.4, 0.5) is 4.39 Å². The fourth-order valence-electron chi connectivity index (χ4n) is 2.89. The van der Waals surface area contributed by atoms with Crippen molar-refractivity contribution in [1.29, 1.82) is 0 Å². The molecule has 1 aliphatic rings. The molecule has 0 aromatic heterocycles. The van der Waals surface area contributed by atoms with Crippen molar-refractivity contribution in [2.45, 2.75) is 32.2 Å². The number of carbonyl (C=O) groups is 1. The van der Waals surface area contributed by atoms with E-state index in [9.17, 15) is 9.18 Å². The zero-order valence-electron chi connectivity index (χ0n) is 11.2. The summed E-state index contributed by atoms with van der Waals surface area (Å²) < 4.78 is 13.3. The minimum atomic E-state index is -0.996. The van der Waals surface area contributed by atoms with Crippen LogP contribution in [0.3, 0.4) is 0 Å². The Morgan fingerprint density at radius 3 is 2.74 bits per heavy atom. The van der Waals surface area contributed by atoms with Crippen molar-refractivity contribution in [3.05, 3.63) is 35.1 Å². The average molecular weight is 265 g/mol. The molecule has 0 atom stereocenters. The highest BCUT2D eigenvalue weighted by Crippen LogP contribution is 2.25. The molecule has 1 N–H and O–H groups in total. The molecule has 0 saturated heterocycles. The van der Waals surface area contributed by atoms with Gasteiger partial charge in [-0.25, -0.2) is 9.18 Å². The molecule has 1 fully saturated rings. The van der Waals surface area contributed by atoms with Gasteiger partial charge in [0, 0.05) is 13.1 Å². The Morgan fingerprint density at radius 2 is 2.11 bits per heavy atom. The molecule has 2 rings (SSSR count). The first-order valence-electron chi connectivity index (χ1n) is 6.76. The van der Waals surface area contributed by atoms with Gasteiger partial charge in [-0.3, -0.25) is 0 Å². The van der Waals surface area contributed by atoms with Gasteiger partial charge in [0.25, 0.3) is 0 Å². The lowest BCUT2D eigenvalue weighted by molar-refractivity contribution is 0.0694. The van der Waals surface area contributed by atoms with Crippen LogP contribution in [0.5, 0.6) is 0 Å². The van der Waals surface area contributed by atoms with Crippen LogP contribution >= 0.6 is 0 Å². The monoisotopic (exact) mass is 265 g/mol. The van der Waals surface area contributed by atoms with Crippen molar-refractivity contribution < 1.29 is 14.3 Å². The van der Waals surface area contributed by atoms with Gasteiger partial charge in [-0.15, -0.1) is 0 Å². The first-order chi connectivity index (χ1) is 9.06. The number of nitrogens with zero attached hydrogens (tertiary/aromatic N) is 1. The summed E-state index contributed by atoms with van der Waals surface area (Å²) in [4.78, 5) is 13.2. The second kappa shape index (κ2) is 6.15. The third-order valence-electron chi connectivity index (χ3n) is 3.78. The van der Waals surface area contributed by atoms with Gasteiger partial charge in [-0.2, -0.15) is 0 Å². The van der Waals surface area contributed by atoms with E-state index in [2.05, 4.69) is 4.90 Å². The van der Waals surface area contributed by atoms with Gasteiger partial charge >= 0.3 is 5.97 Å². The number of halogens is 1. The van der Waals surface area contributed by atoms with E-state index >= 15 is 0 Å². The second-order valence-corrected chi connectivity index (χ2v) is 5.45. The number of hydrogen-bond donors (Lipinski definition) is 1. The summed E-state index contributed by atoms with van der Waals surface area (Å²) in [5.74, 6) is -0.676. The molecule has 0 radical (unpaired) electrons. The van der Waals surface area contributed by atoms with Gasteiger partial charge in [-0.1, -0.05) is 12.8 Å². The summed E-state index contributed by atoms with van der Waals surface area (Å²) >= 11 is 0. The zero-order chi connectivity index (χ0) is 13.8. The fourth-order valence-corrected chi connectivity index (χ4v) is 2.89. The second-order valence-electron chi connectivity index (χ2n) is 5.45. The van der Waals surface area contributed by atoms with Crippen molar-refractivity contribution in [2.24, 2.45) is 5.92 Å². The quantitative estimate of drug-likeness (QED) is 0.889. The largest absolute Gasteiger partial charge is 0.478 e. The number of rotatable bonds is 5. The molecule has 4 heteroatoms. The van der Waals surface area contributed by atoms with E-state index in [0.717, 1.165) is 6.54 Å². The molecular formula is C15H20FNO2. The number of carboxylic acid groups (broad SMARTS) is 1. The minimum Gasteiger partial charge on any atom is -0.478 e. The predicted octanol–water partition coefficient (Wildman–Crippen LogP) is 3.15. The zero-order valence-corrected chi connectivity index (χ0v) is 11.2. The lowest BCUT2D eigenvalue weighted by Crippen LogP contribution is -2.25. The molecule has 0 aliphatic heterocycles. The van der Waals surface area contributed by atoms with Gasteiger partial charge in [0.1, 0.15) is 5.82 Å². The Kier molecular flexibility index (Phi) is 4.53. The van der Waals surface area contributed by atoms with E-state index in [1.165, 1.54) is 43.9 Å². The third-order valence-corrected chi connectivity index (χ3v) is 3.78. The van der Waals surface area contributed by atoms with Crippen LogP contribution in [0.1, 0.15) is 41.6 Å². The molecule has 1 aliphatic carbocycles. The molecule has 104 valence electrons. The molecule has 0 amide bonds. The highest BCUT2D eigenvalue weighted by Gasteiger charge is 2.18. The number of benzene rings is 1. The van der Waals surface area contributed by atoms with Gasteiger partial charge in [0.05, 0.1) is 5.56 Å². The SMILES string of the molecule is CN(Cc1cc(F)ccc1C(=O)O)CC1CCCC1. The Balaban J connectivity index is 2.04. The molecule has 0 spiro atoms. The molecule has 0 heterocycles. The summed E-state index contributed by atoms with van der Waals surface area (Å²) in [6, 6.07) is 3.87. The topological polar surface area (TPSA) is 40.5 Å². The van der Waals surface area contributed by atoms with E-state index in [0.29, 0.717) is 18.0 Å². The molecule has 1 aromatic rings. The average Bonchev–Trinajstić information content (AvgIpc) is 2.81. The van der Waals surface area contributed by atoms with E-state index < -0.39 is 5.97 Å². The lowest BCUT2D eigenvalue weighted by Gasteiger charge is -2.21. The maximum absolute atomic E-state index is 13.3. The number of carboxylic acids is 1. The Morgan fingerprint density at radius 1 is 1.42 bits per heavy atom. The molecule has 19 heavy (non-hydrogen) atoms. The summed E-state index contributed by atoms with van der Waals surface area (Å²) in [7, 11) is 1.97. The van der Waals surface area contributed by atoms with Gasteiger partial charge in [0.2, 0.25) is 0 Å². The Labute approximate surface area is 113 Å². The molecule has 1 saturated carbocycles. The van der Waals surface area contributed by atoms with Gasteiger partial charge < -0.3 is 10.0 Å². The molecule has 1 aromatic carbocycles. The maximum Gasteiger partial charge on any atom is 0.336 e. The molecule has 0 bridgehead atoms. The van der Waals surface area contributed by atoms with Crippen molar-refractivity contribution in [1.82, 2.24) is 4.90 Å². The molecular weight excluding hydrogens is 245 g/mol. The summed E-state index contributed by atoms with van der Waals surface area (Å²) in [5.41, 5.74) is 0.743. The fraction of sp³-hybridized carbons (Fsp3) is 0.533. The Hall–Kier alpha value is -1.42. The molecule has 0 unspecified atom stereocenters. The van der Waals surface area contributed by atoms with Crippen molar-refractivity contribution in [2.75, 3.05) is 13.6 Å². The normalized spacial score (nSPS) is 16.2. The van der Waals surface area contributed by atoms with E-state index in [-0.39, 0.29) is 11.4 Å². The highest BCUT2D eigenvalue weighted by molar-refractivity contribution is 5.89. The Bertz CT molecular complexity index is 455. The smallest absolute Gasteiger partial charge is 0.336 e. The number of aromatic carboxylic acids is 1. The van der Waals surface area contributed by atoms with E-state index in [1.807, 2.05) is 7.05 Å². The third kappa shape index (κ3) is 3.77. The van der Waals surface area contributed by atoms with E-state index in [1.54, 1.807) is 0 Å². The van der Waals surface area contributed by atoms with Crippen molar-refractivity contribution in [3.8, 4) is 0 Å². The van der Waals surface area contributed by atoms with Crippen molar-refractivity contribution in [3.63, 3.8) is 0 Å². The summed E-state index contributed by atoms with van der Waals surface area (Å²) in [6.07, 6.45) is 5.08. The maximum atomic E-state index is 13.3. The predicted molar refractivity (Wildman–Crippen MR) is 71.7 cm³/mol. The van der Waals surface area contributed by atoms with Crippen LogP contribution in [-0.4, -0.2) is 29.6 Å². The number of hydrogen-bond acceptors (Lipinski definition) is 2. The highest BCUT2D eigenvalue weighted by atomic mass is 19.1. The first kappa shape index (κ1) is 14.0. The molecule has 3 nitrogen and oxygen atoms in total. The minimum absolute atomic E-state index is 0.194. The van der Waals surface area contributed by atoms with Gasteiger partial charge in [-0.05, 0) is 49.6 Å². The van der Waals surface area contributed by atoms with E-state index in [4.69, 9.17) is 5.11 Å². The lowest BCUT2D eigenvalue weighted by atomic mass is 10.0. The van der Waals surface area contributed by atoms with Crippen LogP contribution in [0.2, 0.25) is 0 Å². The van der Waals surface area contributed by atoms with Crippen LogP contribution < -0.4 is 0 Å². The first-order valence-corrected chi connectivity index (χ1v) is 6.76. The van der Waals surface area contributed by atoms with Crippen molar-refractivity contribution >= 4 is 5.97 Å². The van der Waals surface area contributed by atoms with Crippen LogP contribution in [0.25, 0.3) is 0 Å². The summed E-state index contributed by atoms with van der Waals surface area (Å²) in [5, 5.41) is 9.11. The summed E-state index contributed by atoms with van der Waals surface area (Å²) in [6.45, 7) is 1.44.